The van der Waals surface area contributed by atoms with Crippen molar-refractivity contribution in [3.8, 4) is 11.5 Å². The average molecular weight is 364 g/mol. The van der Waals surface area contributed by atoms with Crippen LogP contribution < -0.4 is 10.9 Å². The van der Waals surface area contributed by atoms with Crippen molar-refractivity contribution in [2.75, 3.05) is 11.9 Å². The Kier molecular flexibility index (Phi) is 4.33. The topological polar surface area (TPSA) is 106 Å². The summed E-state index contributed by atoms with van der Waals surface area (Å²) in [4.78, 5) is 27.3. The highest BCUT2D eigenvalue weighted by Crippen LogP contribution is 2.25. The molecule has 7 heteroatoms. The number of aliphatic carboxylic acids is 1. The molecule has 0 fully saturated rings. The highest BCUT2D eigenvalue weighted by Gasteiger charge is 2.14. The van der Waals surface area contributed by atoms with E-state index in [1.165, 1.54) is 0 Å². The minimum Gasteiger partial charge on any atom is -0.481 e. The molecule has 0 spiro atoms. The summed E-state index contributed by atoms with van der Waals surface area (Å²) in [6, 6.07) is 14.4. The van der Waals surface area contributed by atoms with E-state index >= 15 is 0 Å². The van der Waals surface area contributed by atoms with E-state index in [2.05, 4.69) is 10.3 Å². The number of benzene rings is 2. The van der Waals surface area contributed by atoms with Gasteiger partial charge in [0, 0.05) is 30.1 Å². The Morgan fingerprint density at radius 1 is 1.07 bits per heavy atom. The number of hydrogen-bond donors (Lipinski definition) is 2. The maximum absolute atomic E-state index is 12.4. The molecule has 0 amide bonds. The van der Waals surface area contributed by atoms with Crippen molar-refractivity contribution in [1.29, 1.82) is 0 Å². The molecule has 0 atom stereocenters. The molecule has 0 aliphatic carbocycles. The molecule has 27 heavy (non-hydrogen) atoms. The summed E-state index contributed by atoms with van der Waals surface area (Å²) in [6.45, 7) is 0.517. The van der Waals surface area contributed by atoms with Crippen molar-refractivity contribution in [3.05, 3.63) is 59.0 Å². The van der Waals surface area contributed by atoms with Crippen molar-refractivity contribution in [2.24, 2.45) is 0 Å². The van der Waals surface area contributed by atoms with Crippen LogP contribution in [0.25, 0.3) is 33.5 Å². The number of para-hydroxylation sites is 2. The predicted molar refractivity (Wildman–Crippen MR) is 101 cm³/mol. The van der Waals surface area contributed by atoms with Crippen molar-refractivity contribution in [3.63, 3.8) is 0 Å². The first-order valence-electron chi connectivity index (χ1n) is 8.50. The first-order chi connectivity index (χ1) is 13.1. The van der Waals surface area contributed by atoms with Gasteiger partial charge in [-0.1, -0.05) is 12.1 Å². The second-order valence-corrected chi connectivity index (χ2v) is 6.11. The average Bonchev–Trinajstić information content (AvgIpc) is 3.08. The molecule has 2 aromatic heterocycles. The molecule has 7 nitrogen and oxygen atoms in total. The lowest BCUT2D eigenvalue weighted by Crippen LogP contribution is -2.05. The van der Waals surface area contributed by atoms with Crippen LogP contribution in [0.3, 0.4) is 0 Å². The largest absolute Gasteiger partial charge is 0.481 e. The summed E-state index contributed by atoms with van der Waals surface area (Å²) in [7, 11) is 0. The number of aromatic nitrogens is 1. The number of nitrogens with one attached hydrogen (secondary N) is 1. The Balaban J connectivity index is 1.63. The van der Waals surface area contributed by atoms with Gasteiger partial charge in [-0.15, -0.1) is 0 Å². The first kappa shape index (κ1) is 16.8. The first-order valence-corrected chi connectivity index (χ1v) is 8.50. The van der Waals surface area contributed by atoms with Crippen molar-refractivity contribution < 1.29 is 18.7 Å². The minimum atomic E-state index is -0.826. The predicted octanol–water partition coefficient (Wildman–Crippen LogP) is 3.88. The Morgan fingerprint density at radius 2 is 1.93 bits per heavy atom. The van der Waals surface area contributed by atoms with E-state index in [0.29, 0.717) is 29.6 Å². The van der Waals surface area contributed by atoms with E-state index in [-0.39, 0.29) is 17.9 Å². The maximum Gasteiger partial charge on any atom is 0.349 e. The standard InChI is InChI=1S/C20H16N2O5/c23-18(24)6-3-9-21-13-8-7-12-10-14(20(25)27-17(12)11-13)19-22-15-4-1-2-5-16(15)26-19/h1-2,4-5,7-8,10-11,21H,3,6,9H2,(H,23,24). The Hall–Kier alpha value is -3.61. The van der Waals surface area contributed by atoms with E-state index in [0.717, 1.165) is 11.1 Å². The molecule has 2 N–H and O–H groups in total. The molecule has 0 unspecified atom stereocenters. The van der Waals surface area contributed by atoms with Crippen LogP contribution in [0.4, 0.5) is 5.69 Å². The number of anilines is 1. The minimum absolute atomic E-state index is 0.101. The molecular weight excluding hydrogens is 348 g/mol. The third-order valence-corrected chi connectivity index (χ3v) is 4.16. The van der Waals surface area contributed by atoms with Crippen LogP contribution in [0.2, 0.25) is 0 Å². The lowest BCUT2D eigenvalue weighted by molar-refractivity contribution is -0.137. The van der Waals surface area contributed by atoms with Gasteiger partial charge in [-0.05, 0) is 36.8 Å². The maximum atomic E-state index is 12.4. The summed E-state index contributed by atoms with van der Waals surface area (Å²) in [5.41, 5.74) is 2.20. The highest BCUT2D eigenvalue weighted by molar-refractivity contribution is 5.84. The molecule has 4 rings (SSSR count). The normalized spacial score (nSPS) is 11.1. The zero-order valence-corrected chi connectivity index (χ0v) is 14.3. The van der Waals surface area contributed by atoms with Crippen LogP contribution in [-0.2, 0) is 4.79 Å². The SMILES string of the molecule is O=C(O)CCCNc1ccc2cc(-c3nc4ccccc4o3)c(=O)oc2c1. The summed E-state index contributed by atoms with van der Waals surface area (Å²) in [5, 5.41) is 12.5. The number of rotatable bonds is 6. The number of carboxylic acid groups (broad SMARTS) is 1. The third kappa shape index (κ3) is 3.52. The number of hydrogen-bond acceptors (Lipinski definition) is 6. The molecule has 2 aromatic carbocycles. The molecule has 0 aliphatic heterocycles. The lowest BCUT2D eigenvalue weighted by Gasteiger charge is -2.06. The molecule has 0 saturated carbocycles. The molecule has 0 saturated heterocycles. The Bertz CT molecular complexity index is 1160. The van der Waals surface area contributed by atoms with Crippen LogP contribution in [0.1, 0.15) is 12.8 Å². The van der Waals surface area contributed by atoms with Gasteiger partial charge in [0.25, 0.3) is 0 Å². The third-order valence-electron chi connectivity index (χ3n) is 4.16. The number of nitrogens with zero attached hydrogens (tertiary/aromatic N) is 1. The van der Waals surface area contributed by atoms with Gasteiger partial charge in [0.05, 0.1) is 0 Å². The fraction of sp³-hybridized carbons (Fsp3) is 0.150. The fourth-order valence-corrected chi connectivity index (χ4v) is 2.83. The zero-order chi connectivity index (χ0) is 18.8. The summed E-state index contributed by atoms with van der Waals surface area (Å²) in [5.74, 6) is -0.601. The van der Waals surface area contributed by atoms with Crippen LogP contribution in [0.5, 0.6) is 0 Å². The van der Waals surface area contributed by atoms with Gasteiger partial charge in [0.2, 0.25) is 5.89 Å². The monoisotopic (exact) mass is 364 g/mol. The number of carboxylic acids is 1. The van der Waals surface area contributed by atoms with E-state index in [1.54, 1.807) is 18.2 Å². The number of fused-ring (bicyclic) bond motifs is 2. The fourth-order valence-electron chi connectivity index (χ4n) is 2.83. The van der Waals surface area contributed by atoms with Gasteiger partial charge < -0.3 is 19.3 Å². The smallest absolute Gasteiger partial charge is 0.349 e. The van der Waals surface area contributed by atoms with Crippen molar-refractivity contribution >= 4 is 33.7 Å². The Morgan fingerprint density at radius 3 is 2.74 bits per heavy atom. The molecule has 2 heterocycles. The lowest BCUT2D eigenvalue weighted by atomic mass is 10.1. The van der Waals surface area contributed by atoms with Gasteiger partial charge in [-0.2, -0.15) is 0 Å². The highest BCUT2D eigenvalue weighted by atomic mass is 16.4. The van der Waals surface area contributed by atoms with E-state index in [9.17, 15) is 9.59 Å². The molecule has 0 bridgehead atoms. The summed E-state index contributed by atoms with van der Waals surface area (Å²) in [6.07, 6.45) is 0.609. The second-order valence-electron chi connectivity index (χ2n) is 6.11. The van der Waals surface area contributed by atoms with Crippen LogP contribution in [-0.4, -0.2) is 22.6 Å². The van der Waals surface area contributed by atoms with Gasteiger partial charge in [-0.3, -0.25) is 4.79 Å². The van der Waals surface area contributed by atoms with E-state index < -0.39 is 11.6 Å². The van der Waals surface area contributed by atoms with Gasteiger partial charge in [-0.25, -0.2) is 9.78 Å². The van der Waals surface area contributed by atoms with Crippen molar-refractivity contribution in [1.82, 2.24) is 4.98 Å². The van der Waals surface area contributed by atoms with E-state index in [1.807, 2.05) is 30.3 Å². The molecule has 0 aliphatic rings. The summed E-state index contributed by atoms with van der Waals surface area (Å²) < 4.78 is 11.1. The van der Waals surface area contributed by atoms with Gasteiger partial charge in [0.15, 0.2) is 5.58 Å². The zero-order valence-electron chi connectivity index (χ0n) is 14.3. The summed E-state index contributed by atoms with van der Waals surface area (Å²) >= 11 is 0. The van der Waals surface area contributed by atoms with Gasteiger partial charge in [0.1, 0.15) is 16.7 Å². The van der Waals surface area contributed by atoms with Gasteiger partial charge >= 0.3 is 11.6 Å². The van der Waals surface area contributed by atoms with Crippen LogP contribution >= 0.6 is 0 Å². The van der Waals surface area contributed by atoms with Crippen LogP contribution in [0, 0.1) is 0 Å². The molecule has 136 valence electrons. The van der Waals surface area contributed by atoms with E-state index in [4.69, 9.17) is 13.9 Å². The number of carbonyl (C=O) groups is 1. The molecule has 4 aromatic rings. The number of oxazole rings is 1. The Labute approximate surface area is 153 Å². The van der Waals surface area contributed by atoms with Crippen molar-refractivity contribution in [2.45, 2.75) is 12.8 Å². The van der Waals surface area contributed by atoms with Crippen LogP contribution in [0.15, 0.2) is 62.2 Å². The molecular formula is C20H16N2O5. The molecule has 0 radical (unpaired) electrons. The quantitative estimate of drug-likeness (QED) is 0.395. The second kappa shape index (κ2) is 6.95.